The Hall–Kier alpha value is -1.76. The Balaban J connectivity index is 2.18. The third kappa shape index (κ3) is 4.10. The lowest BCUT2D eigenvalue weighted by atomic mass is 10.0. The molecule has 1 N–H and O–H groups in total. The van der Waals surface area contributed by atoms with Gasteiger partial charge in [0.25, 0.3) is 5.91 Å². The van der Waals surface area contributed by atoms with Crippen LogP contribution in [0.25, 0.3) is 0 Å². The van der Waals surface area contributed by atoms with Gasteiger partial charge in [-0.15, -0.1) is 13.2 Å². The van der Waals surface area contributed by atoms with Crippen molar-refractivity contribution in [1.29, 1.82) is 0 Å². The lowest BCUT2D eigenvalue weighted by Gasteiger charge is -2.32. The molecule has 0 aliphatic carbocycles. The Bertz CT molecular complexity index is 499. The first-order valence-corrected chi connectivity index (χ1v) is 6.71. The molecule has 1 aliphatic heterocycles. The van der Waals surface area contributed by atoms with Crippen molar-refractivity contribution in [2.45, 2.75) is 25.2 Å². The molecule has 7 heteroatoms. The fourth-order valence-electron chi connectivity index (χ4n) is 2.38. The number of alkyl halides is 3. The number of nitrogens with zero attached hydrogens (tertiary/aromatic N) is 1. The van der Waals surface area contributed by atoms with E-state index in [-0.39, 0.29) is 11.6 Å². The van der Waals surface area contributed by atoms with Gasteiger partial charge in [-0.05, 0) is 31.5 Å². The zero-order valence-electron chi connectivity index (χ0n) is 11.6. The lowest BCUT2D eigenvalue weighted by molar-refractivity contribution is -0.274. The van der Waals surface area contributed by atoms with Gasteiger partial charge in [-0.3, -0.25) is 4.79 Å². The van der Waals surface area contributed by atoms with Gasteiger partial charge in [0.15, 0.2) is 0 Å². The number of hydrogen-bond donors (Lipinski definition) is 1. The second-order valence-corrected chi connectivity index (χ2v) is 4.96. The summed E-state index contributed by atoms with van der Waals surface area (Å²) < 4.78 is 41.1. The smallest absolute Gasteiger partial charge is 0.405 e. The van der Waals surface area contributed by atoms with E-state index in [1.54, 1.807) is 7.05 Å². The first-order valence-electron chi connectivity index (χ1n) is 6.71. The number of halogens is 3. The van der Waals surface area contributed by atoms with E-state index in [1.165, 1.54) is 23.1 Å². The van der Waals surface area contributed by atoms with Gasteiger partial charge in [0.1, 0.15) is 5.75 Å². The topological polar surface area (TPSA) is 41.6 Å². The molecular formula is C14H17F3N2O2. The number of piperidine rings is 1. The number of rotatable bonds is 3. The van der Waals surface area contributed by atoms with E-state index >= 15 is 0 Å². The summed E-state index contributed by atoms with van der Waals surface area (Å²) in [5.41, 5.74) is -0.0806. The van der Waals surface area contributed by atoms with Crippen molar-refractivity contribution < 1.29 is 22.7 Å². The van der Waals surface area contributed by atoms with Crippen LogP contribution in [0.3, 0.4) is 0 Å². The molecule has 21 heavy (non-hydrogen) atoms. The van der Waals surface area contributed by atoms with Gasteiger partial charge < -0.3 is 15.0 Å². The van der Waals surface area contributed by atoms with Crippen LogP contribution in [0.2, 0.25) is 0 Å². The van der Waals surface area contributed by atoms with Gasteiger partial charge in [-0.25, -0.2) is 0 Å². The maximum absolute atomic E-state index is 12.4. The summed E-state index contributed by atoms with van der Waals surface area (Å²) >= 11 is 0. The van der Waals surface area contributed by atoms with Crippen molar-refractivity contribution in [2.75, 3.05) is 20.1 Å². The van der Waals surface area contributed by atoms with Gasteiger partial charge in [-0.1, -0.05) is 12.1 Å². The van der Waals surface area contributed by atoms with E-state index in [4.69, 9.17) is 0 Å². The van der Waals surface area contributed by atoms with Crippen LogP contribution in [-0.2, 0) is 0 Å². The van der Waals surface area contributed by atoms with Crippen LogP contribution in [0.1, 0.15) is 23.2 Å². The highest BCUT2D eigenvalue weighted by Crippen LogP contribution is 2.27. The predicted octanol–water partition coefficient (Wildman–Crippen LogP) is 2.41. The van der Waals surface area contributed by atoms with Crippen molar-refractivity contribution in [2.24, 2.45) is 0 Å². The molecule has 1 amide bonds. The summed E-state index contributed by atoms with van der Waals surface area (Å²) in [6, 6.07) is 5.39. The van der Waals surface area contributed by atoms with Gasteiger partial charge in [0.2, 0.25) is 0 Å². The molecule has 0 aromatic heterocycles. The number of para-hydroxylation sites is 1. The van der Waals surface area contributed by atoms with Gasteiger partial charge in [-0.2, -0.15) is 0 Å². The third-order valence-corrected chi connectivity index (χ3v) is 3.48. The normalized spacial score (nSPS) is 19.1. The second kappa shape index (κ2) is 6.34. The van der Waals surface area contributed by atoms with Crippen LogP contribution in [0.15, 0.2) is 24.3 Å². The molecule has 2 rings (SSSR count). The summed E-state index contributed by atoms with van der Waals surface area (Å²) in [5.74, 6) is -0.936. The minimum atomic E-state index is -4.82. The van der Waals surface area contributed by atoms with Crippen molar-refractivity contribution in [3.8, 4) is 5.75 Å². The summed E-state index contributed by atoms with van der Waals surface area (Å²) in [7, 11) is 1.60. The van der Waals surface area contributed by atoms with Crippen LogP contribution >= 0.6 is 0 Å². The number of benzene rings is 1. The Morgan fingerprint density at radius 3 is 2.71 bits per heavy atom. The fraction of sp³-hybridized carbons (Fsp3) is 0.500. The molecule has 1 aromatic rings. The van der Waals surface area contributed by atoms with E-state index in [0.717, 1.165) is 25.5 Å². The van der Waals surface area contributed by atoms with Crippen LogP contribution < -0.4 is 10.1 Å². The monoisotopic (exact) mass is 302 g/mol. The maximum atomic E-state index is 12.4. The molecule has 0 saturated carbocycles. The van der Waals surface area contributed by atoms with Crippen molar-refractivity contribution in [1.82, 2.24) is 10.2 Å². The van der Waals surface area contributed by atoms with E-state index < -0.39 is 18.0 Å². The van der Waals surface area contributed by atoms with E-state index in [2.05, 4.69) is 10.1 Å². The minimum absolute atomic E-state index is 0.0230. The quantitative estimate of drug-likeness (QED) is 0.932. The van der Waals surface area contributed by atoms with Crippen molar-refractivity contribution in [3.63, 3.8) is 0 Å². The fourth-order valence-corrected chi connectivity index (χ4v) is 2.38. The molecule has 0 unspecified atom stereocenters. The van der Waals surface area contributed by atoms with E-state index in [0.29, 0.717) is 6.54 Å². The third-order valence-electron chi connectivity index (χ3n) is 3.48. The van der Waals surface area contributed by atoms with Gasteiger partial charge in [0.05, 0.1) is 5.56 Å². The molecule has 4 nitrogen and oxygen atoms in total. The SMILES string of the molecule is CN(C(=O)c1ccccc1OC(F)(F)F)[C@H]1CCCNC1. The van der Waals surface area contributed by atoms with Gasteiger partial charge >= 0.3 is 6.36 Å². The largest absolute Gasteiger partial charge is 0.573 e. The average Bonchev–Trinajstić information content (AvgIpc) is 2.45. The summed E-state index contributed by atoms with van der Waals surface area (Å²) in [6.07, 6.45) is -3.05. The molecule has 1 heterocycles. The molecule has 1 fully saturated rings. The van der Waals surface area contributed by atoms with Crippen LogP contribution in [0.4, 0.5) is 13.2 Å². The van der Waals surface area contributed by atoms with Crippen LogP contribution in [-0.4, -0.2) is 43.3 Å². The Morgan fingerprint density at radius 1 is 1.38 bits per heavy atom. The number of hydrogen-bond acceptors (Lipinski definition) is 3. The molecule has 1 aromatic carbocycles. The lowest BCUT2D eigenvalue weighted by Crippen LogP contribution is -2.46. The zero-order chi connectivity index (χ0) is 15.5. The number of likely N-dealkylation sites (N-methyl/N-ethyl adjacent to an activating group) is 1. The molecule has 116 valence electrons. The number of amides is 1. The molecule has 0 bridgehead atoms. The van der Waals surface area contributed by atoms with Crippen LogP contribution in [0, 0.1) is 0 Å². The molecule has 0 radical (unpaired) electrons. The Labute approximate surface area is 120 Å². The number of ether oxygens (including phenoxy) is 1. The summed E-state index contributed by atoms with van der Waals surface area (Å²) in [4.78, 5) is 13.9. The highest BCUT2D eigenvalue weighted by molar-refractivity contribution is 5.97. The highest BCUT2D eigenvalue weighted by Gasteiger charge is 2.33. The van der Waals surface area contributed by atoms with Crippen LogP contribution in [0.5, 0.6) is 5.75 Å². The maximum Gasteiger partial charge on any atom is 0.573 e. The standard InChI is InChI=1S/C14H17F3N2O2/c1-19(10-5-4-8-18-9-10)13(20)11-6-2-3-7-12(11)21-14(15,16)17/h2-3,6-7,10,18H,4-5,8-9H2,1H3/t10-/m0/s1. The molecular weight excluding hydrogens is 285 g/mol. The highest BCUT2D eigenvalue weighted by atomic mass is 19.4. The molecule has 1 aliphatic rings. The Morgan fingerprint density at radius 2 is 2.10 bits per heavy atom. The molecule has 0 spiro atoms. The first kappa shape index (κ1) is 15.6. The number of nitrogens with one attached hydrogen (secondary N) is 1. The van der Waals surface area contributed by atoms with E-state index in [9.17, 15) is 18.0 Å². The zero-order valence-corrected chi connectivity index (χ0v) is 11.6. The first-order chi connectivity index (χ1) is 9.88. The average molecular weight is 302 g/mol. The summed E-state index contributed by atoms with van der Waals surface area (Å²) in [5, 5.41) is 3.17. The molecule has 1 atom stereocenters. The van der Waals surface area contributed by atoms with Gasteiger partial charge in [0, 0.05) is 19.6 Å². The Kier molecular flexibility index (Phi) is 4.72. The minimum Gasteiger partial charge on any atom is -0.405 e. The second-order valence-electron chi connectivity index (χ2n) is 4.96. The summed E-state index contributed by atoms with van der Waals surface area (Å²) in [6.45, 7) is 1.54. The van der Waals surface area contributed by atoms with E-state index in [1.807, 2.05) is 0 Å². The number of carbonyl (C=O) groups excluding carboxylic acids is 1. The molecule has 1 saturated heterocycles. The predicted molar refractivity (Wildman–Crippen MR) is 71.1 cm³/mol. The van der Waals surface area contributed by atoms with Crippen molar-refractivity contribution in [3.05, 3.63) is 29.8 Å². The van der Waals surface area contributed by atoms with Crippen molar-refractivity contribution >= 4 is 5.91 Å². The number of carbonyl (C=O) groups is 1.